The van der Waals surface area contributed by atoms with Gasteiger partial charge in [0.15, 0.2) is 0 Å². The van der Waals surface area contributed by atoms with Gasteiger partial charge in [-0.3, -0.25) is 0 Å². The van der Waals surface area contributed by atoms with Gasteiger partial charge in [0.25, 0.3) is 0 Å². The molecule has 0 saturated carbocycles. The highest BCUT2D eigenvalue weighted by atomic mass is 16.5. The lowest BCUT2D eigenvalue weighted by molar-refractivity contribution is 0.234. The van der Waals surface area contributed by atoms with Gasteiger partial charge < -0.3 is 14.8 Å². The van der Waals surface area contributed by atoms with E-state index >= 15 is 0 Å². The monoisotopic (exact) mass is 272 g/mol. The Hall–Kier alpha value is -2.23. The molecule has 2 rings (SSSR count). The maximum absolute atomic E-state index is 5.69. The summed E-state index contributed by atoms with van der Waals surface area (Å²) in [4.78, 5) is 4.26. The van der Waals surface area contributed by atoms with Gasteiger partial charge in [-0.05, 0) is 32.0 Å². The van der Waals surface area contributed by atoms with Crippen molar-refractivity contribution in [2.75, 3.05) is 12.4 Å². The highest BCUT2D eigenvalue weighted by Crippen LogP contribution is 2.24. The third-order valence-electron chi connectivity index (χ3n) is 2.78. The number of nitrogens with zero attached hydrogens (tertiary/aromatic N) is 1. The van der Waals surface area contributed by atoms with E-state index in [2.05, 4.69) is 10.3 Å². The van der Waals surface area contributed by atoms with Gasteiger partial charge in [0.2, 0.25) is 5.88 Å². The molecule has 4 nitrogen and oxygen atoms in total. The molecule has 1 N–H and O–H groups in total. The second-order valence-corrected chi connectivity index (χ2v) is 4.69. The van der Waals surface area contributed by atoms with Crippen molar-refractivity contribution in [3.63, 3.8) is 0 Å². The molecule has 1 heterocycles. The first-order valence-electron chi connectivity index (χ1n) is 6.68. The standard InChI is InChI=1S/C16H20N2O2/c1-12(2)20-16-14(8-6-10-17-16)18-11-13-7-4-5-9-15(13)19-3/h4-10,12,18H,11H2,1-3H3. The molecule has 4 heteroatoms. The zero-order valence-electron chi connectivity index (χ0n) is 12.1. The van der Waals surface area contributed by atoms with Crippen LogP contribution in [0.2, 0.25) is 0 Å². The van der Waals surface area contributed by atoms with Gasteiger partial charge in [0.1, 0.15) is 5.75 Å². The molecule has 0 aliphatic heterocycles. The zero-order valence-corrected chi connectivity index (χ0v) is 12.1. The molecule has 0 saturated heterocycles. The van der Waals surface area contributed by atoms with Crippen LogP contribution in [0.3, 0.4) is 0 Å². The van der Waals surface area contributed by atoms with Crippen molar-refractivity contribution < 1.29 is 9.47 Å². The third-order valence-corrected chi connectivity index (χ3v) is 2.78. The Balaban J connectivity index is 2.11. The minimum Gasteiger partial charge on any atom is -0.496 e. The number of nitrogens with one attached hydrogen (secondary N) is 1. The number of methoxy groups -OCH3 is 1. The van der Waals surface area contributed by atoms with E-state index in [1.807, 2.05) is 50.2 Å². The molecule has 20 heavy (non-hydrogen) atoms. The summed E-state index contributed by atoms with van der Waals surface area (Å²) in [7, 11) is 1.68. The lowest BCUT2D eigenvalue weighted by atomic mass is 10.2. The summed E-state index contributed by atoms with van der Waals surface area (Å²) in [6.45, 7) is 4.63. The Morgan fingerprint density at radius 3 is 2.70 bits per heavy atom. The Labute approximate surface area is 119 Å². The number of hydrogen-bond acceptors (Lipinski definition) is 4. The van der Waals surface area contributed by atoms with Crippen LogP contribution in [-0.2, 0) is 6.54 Å². The number of benzene rings is 1. The van der Waals surface area contributed by atoms with Crippen molar-refractivity contribution >= 4 is 5.69 Å². The summed E-state index contributed by atoms with van der Waals surface area (Å²) in [6, 6.07) is 11.8. The fraction of sp³-hybridized carbons (Fsp3) is 0.312. The molecule has 0 spiro atoms. The minimum absolute atomic E-state index is 0.0942. The Morgan fingerprint density at radius 1 is 1.15 bits per heavy atom. The van der Waals surface area contributed by atoms with Crippen molar-refractivity contribution in [1.29, 1.82) is 0 Å². The molecular formula is C16H20N2O2. The van der Waals surface area contributed by atoms with E-state index < -0.39 is 0 Å². The normalized spacial score (nSPS) is 10.4. The molecular weight excluding hydrogens is 252 g/mol. The molecule has 0 aliphatic rings. The molecule has 0 bridgehead atoms. The van der Waals surface area contributed by atoms with Gasteiger partial charge >= 0.3 is 0 Å². The van der Waals surface area contributed by atoms with Crippen LogP contribution in [0, 0.1) is 0 Å². The number of hydrogen-bond donors (Lipinski definition) is 1. The molecule has 0 amide bonds. The molecule has 1 aromatic carbocycles. The fourth-order valence-electron chi connectivity index (χ4n) is 1.88. The quantitative estimate of drug-likeness (QED) is 0.874. The first-order valence-corrected chi connectivity index (χ1v) is 6.68. The van der Waals surface area contributed by atoms with Crippen LogP contribution in [-0.4, -0.2) is 18.2 Å². The highest BCUT2D eigenvalue weighted by Gasteiger charge is 2.07. The largest absolute Gasteiger partial charge is 0.496 e. The van der Waals surface area contributed by atoms with Crippen LogP contribution < -0.4 is 14.8 Å². The Morgan fingerprint density at radius 2 is 1.95 bits per heavy atom. The number of rotatable bonds is 6. The maximum Gasteiger partial charge on any atom is 0.237 e. The average molecular weight is 272 g/mol. The molecule has 0 fully saturated rings. The zero-order chi connectivity index (χ0) is 14.4. The van der Waals surface area contributed by atoms with Gasteiger partial charge in [-0.1, -0.05) is 18.2 Å². The third kappa shape index (κ3) is 3.63. The van der Waals surface area contributed by atoms with Gasteiger partial charge in [-0.2, -0.15) is 0 Å². The van der Waals surface area contributed by atoms with Crippen molar-refractivity contribution in [1.82, 2.24) is 4.98 Å². The Bertz CT molecular complexity index is 556. The minimum atomic E-state index is 0.0942. The number of para-hydroxylation sites is 1. The van der Waals surface area contributed by atoms with Crippen molar-refractivity contribution in [2.45, 2.75) is 26.5 Å². The van der Waals surface area contributed by atoms with Gasteiger partial charge in [-0.15, -0.1) is 0 Å². The molecule has 0 radical (unpaired) electrons. The predicted octanol–water partition coefficient (Wildman–Crippen LogP) is 3.49. The number of ether oxygens (including phenoxy) is 2. The number of aromatic nitrogens is 1. The van der Waals surface area contributed by atoms with E-state index in [1.165, 1.54) is 0 Å². The summed E-state index contributed by atoms with van der Waals surface area (Å²) in [6.07, 6.45) is 1.82. The first-order chi connectivity index (χ1) is 9.70. The molecule has 0 aliphatic carbocycles. The second-order valence-electron chi connectivity index (χ2n) is 4.69. The SMILES string of the molecule is COc1ccccc1CNc1cccnc1OC(C)C. The molecule has 106 valence electrons. The molecule has 2 aromatic rings. The first kappa shape index (κ1) is 14.2. The van der Waals surface area contributed by atoms with Crippen molar-refractivity contribution in [3.8, 4) is 11.6 Å². The van der Waals surface area contributed by atoms with E-state index in [9.17, 15) is 0 Å². The summed E-state index contributed by atoms with van der Waals surface area (Å²) in [5, 5.41) is 3.34. The van der Waals surface area contributed by atoms with Gasteiger partial charge in [-0.25, -0.2) is 4.98 Å². The number of pyridine rings is 1. The molecule has 0 unspecified atom stereocenters. The van der Waals surface area contributed by atoms with Crippen molar-refractivity contribution in [2.24, 2.45) is 0 Å². The van der Waals surface area contributed by atoms with Crippen LogP contribution in [0.4, 0.5) is 5.69 Å². The van der Waals surface area contributed by atoms with Crippen molar-refractivity contribution in [3.05, 3.63) is 48.2 Å². The van der Waals surface area contributed by atoms with E-state index in [1.54, 1.807) is 13.3 Å². The highest BCUT2D eigenvalue weighted by molar-refractivity contribution is 5.53. The van der Waals surface area contributed by atoms with Crippen LogP contribution in [0.1, 0.15) is 19.4 Å². The fourth-order valence-corrected chi connectivity index (χ4v) is 1.88. The summed E-state index contributed by atoms with van der Waals surface area (Å²) in [5.74, 6) is 1.49. The summed E-state index contributed by atoms with van der Waals surface area (Å²) < 4.78 is 11.0. The van der Waals surface area contributed by atoms with E-state index in [0.29, 0.717) is 12.4 Å². The van der Waals surface area contributed by atoms with Crippen LogP contribution in [0.15, 0.2) is 42.6 Å². The summed E-state index contributed by atoms with van der Waals surface area (Å²) in [5.41, 5.74) is 1.97. The lowest BCUT2D eigenvalue weighted by Gasteiger charge is -2.15. The number of anilines is 1. The van der Waals surface area contributed by atoms with Crippen LogP contribution in [0.25, 0.3) is 0 Å². The molecule has 0 atom stereocenters. The predicted molar refractivity (Wildman–Crippen MR) is 80.3 cm³/mol. The summed E-state index contributed by atoms with van der Waals surface area (Å²) >= 11 is 0. The van der Waals surface area contributed by atoms with Gasteiger partial charge in [0.05, 0.1) is 18.9 Å². The smallest absolute Gasteiger partial charge is 0.237 e. The van der Waals surface area contributed by atoms with E-state index in [4.69, 9.17) is 9.47 Å². The topological polar surface area (TPSA) is 43.4 Å². The van der Waals surface area contributed by atoms with Crippen LogP contribution in [0.5, 0.6) is 11.6 Å². The van der Waals surface area contributed by atoms with Gasteiger partial charge in [0, 0.05) is 18.3 Å². The second kappa shape index (κ2) is 6.80. The lowest BCUT2D eigenvalue weighted by Crippen LogP contribution is -2.10. The molecule has 1 aromatic heterocycles. The Kier molecular flexibility index (Phi) is 4.82. The maximum atomic E-state index is 5.69. The van der Waals surface area contributed by atoms with Crippen LogP contribution >= 0.6 is 0 Å². The van der Waals surface area contributed by atoms with E-state index in [-0.39, 0.29) is 6.10 Å². The average Bonchev–Trinajstić information content (AvgIpc) is 2.46. The van der Waals surface area contributed by atoms with E-state index in [0.717, 1.165) is 17.0 Å².